The zero-order valence-electron chi connectivity index (χ0n) is 8.82. The number of nitrogens with zero attached hydrogens (tertiary/aromatic N) is 4. The number of aliphatic hydroxyl groups excluding tert-OH is 1. The van der Waals surface area contributed by atoms with E-state index in [1.807, 2.05) is 0 Å². The van der Waals surface area contributed by atoms with Crippen molar-refractivity contribution in [2.24, 2.45) is 5.11 Å². The number of hydrogen-bond donors (Lipinski definition) is 1. The molecule has 0 aromatic carbocycles. The van der Waals surface area contributed by atoms with Crippen LogP contribution < -0.4 is 0 Å². The van der Waals surface area contributed by atoms with E-state index in [-0.39, 0.29) is 31.8 Å². The minimum absolute atomic E-state index is 0.125. The predicted octanol–water partition coefficient (Wildman–Crippen LogP) is 1.05. The Kier molecular flexibility index (Phi) is 4.63. The van der Waals surface area contributed by atoms with Gasteiger partial charge in [-0.15, -0.1) is 0 Å². The standard InChI is InChI=1S/C9H14N4O3/c1-2-3-16-9(15)13-5-7(11-12-10)4-8(13)6-14/h2,7-8,14H,1,3-6H2/t7-,8-/m0/s1. The first kappa shape index (κ1) is 12.4. The maximum Gasteiger partial charge on any atom is 0.410 e. The van der Waals surface area contributed by atoms with Crippen molar-refractivity contribution in [2.75, 3.05) is 19.8 Å². The quantitative estimate of drug-likeness (QED) is 0.335. The molecule has 1 aliphatic rings. The molecule has 1 amide bonds. The largest absolute Gasteiger partial charge is 0.445 e. The van der Waals surface area contributed by atoms with E-state index in [0.717, 1.165) is 0 Å². The molecular formula is C9H14N4O3. The van der Waals surface area contributed by atoms with Crippen LogP contribution in [-0.2, 0) is 4.74 Å². The first-order valence-electron chi connectivity index (χ1n) is 4.92. The van der Waals surface area contributed by atoms with Crippen LogP contribution in [0.2, 0.25) is 0 Å². The van der Waals surface area contributed by atoms with Crippen molar-refractivity contribution < 1.29 is 14.6 Å². The van der Waals surface area contributed by atoms with Crippen LogP contribution in [0.1, 0.15) is 6.42 Å². The minimum atomic E-state index is -0.519. The van der Waals surface area contributed by atoms with E-state index in [4.69, 9.17) is 15.4 Å². The van der Waals surface area contributed by atoms with Crippen molar-refractivity contribution in [1.29, 1.82) is 0 Å². The molecule has 1 heterocycles. The summed E-state index contributed by atoms with van der Waals surface area (Å²) in [5.74, 6) is 0. The Bertz CT molecular complexity index is 314. The van der Waals surface area contributed by atoms with Crippen molar-refractivity contribution in [3.63, 3.8) is 0 Å². The van der Waals surface area contributed by atoms with Crippen molar-refractivity contribution in [1.82, 2.24) is 4.90 Å². The van der Waals surface area contributed by atoms with Crippen molar-refractivity contribution >= 4 is 6.09 Å². The Balaban J connectivity index is 2.60. The normalized spacial score (nSPS) is 23.7. The van der Waals surface area contributed by atoms with Gasteiger partial charge in [-0.25, -0.2) is 4.79 Å². The van der Waals surface area contributed by atoms with Gasteiger partial charge in [0.25, 0.3) is 0 Å². The molecule has 16 heavy (non-hydrogen) atoms. The van der Waals surface area contributed by atoms with E-state index in [0.29, 0.717) is 6.42 Å². The Hall–Kier alpha value is -1.72. The third kappa shape index (κ3) is 2.88. The highest BCUT2D eigenvalue weighted by atomic mass is 16.6. The van der Waals surface area contributed by atoms with Crippen molar-refractivity contribution in [3.8, 4) is 0 Å². The topological polar surface area (TPSA) is 98.5 Å². The number of carbonyl (C=O) groups excluding carboxylic acids is 1. The van der Waals surface area contributed by atoms with Gasteiger partial charge in [-0.2, -0.15) is 0 Å². The van der Waals surface area contributed by atoms with Gasteiger partial charge in [0, 0.05) is 11.5 Å². The van der Waals surface area contributed by atoms with Gasteiger partial charge in [0.1, 0.15) is 6.61 Å². The van der Waals surface area contributed by atoms with Gasteiger partial charge in [-0.1, -0.05) is 17.8 Å². The number of amides is 1. The Labute approximate surface area is 92.9 Å². The van der Waals surface area contributed by atoms with Crippen LogP contribution in [0.3, 0.4) is 0 Å². The number of rotatable bonds is 4. The van der Waals surface area contributed by atoms with Gasteiger partial charge in [0.2, 0.25) is 0 Å². The zero-order chi connectivity index (χ0) is 12.0. The Morgan fingerprint density at radius 1 is 1.81 bits per heavy atom. The average molecular weight is 226 g/mol. The summed E-state index contributed by atoms with van der Waals surface area (Å²) < 4.78 is 4.86. The predicted molar refractivity (Wildman–Crippen MR) is 56.7 cm³/mol. The van der Waals surface area contributed by atoms with Gasteiger partial charge >= 0.3 is 6.09 Å². The van der Waals surface area contributed by atoms with Crippen LogP contribution in [0.4, 0.5) is 4.79 Å². The first-order valence-corrected chi connectivity index (χ1v) is 4.92. The number of carbonyl (C=O) groups is 1. The molecule has 0 radical (unpaired) electrons. The molecule has 0 aromatic heterocycles. The van der Waals surface area contributed by atoms with Gasteiger partial charge in [-0.05, 0) is 12.0 Å². The highest BCUT2D eigenvalue weighted by Gasteiger charge is 2.35. The summed E-state index contributed by atoms with van der Waals surface area (Å²) in [5.41, 5.74) is 8.30. The van der Waals surface area contributed by atoms with Crippen LogP contribution in [0.25, 0.3) is 10.4 Å². The lowest BCUT2D eigenvalue weighted by molar-refractivity contribution is 0.0924. The lowest BCUT2D eigenvalue weighted by Gasteiger charge is -2.21. The summed E-state index contributed by atoms with van der Waals surface area (Å²) in [6, 6.07) is -0.633. The maximum absolute atomic E-state index is 11.5. The van der Waals surface area contributed by atoms with E-state index < -0.39 is 6.09 Å². The second-order valence-corrected chi connectivity index (χ2v) is 3.45. The van der Waals surface area contributed by atoms with Crippen LogP contribution in [-0.4, -0.2) is 47.9 Å². The first-order chi connectivity index (χ1) is 7.72. The van der Waals surface area contributed by atoms with Crippen LogP contribution in [0.15, 0.2) is 17.8 Å². The summed E-state index contributed by atoms with van der Waals surface area (Å²) in [7, 11) is 0. The second kappa shape index (κ2) is 5.99. The third-order valence-electron chi connectivity index (χ3n) is 2.38. The second-order valence-electron chi connectivity index (χ2n) is 3.45. The molecular weight excluding hydrogens is 212 g/mol. The molecule has 1 saturated heterocycles. The molecule has 0 saturated carbocycles. The summed E-state index contributed by atoms with van der Waals surface area (Å²) in [5, 5.41) is 12.6. The molecule has 1 rings (SSSR count). The lowest BCUT2D eigenvalue weighted by atomic mass is 10.2. The zero-order valence-corrected chi connectivity index (χ0v) is 8.82. The number of ether oxygens (including phenoxy) is 1. The highest BCUT2D eigenvalue weighted by Crippen LogP contribution is 2.21. The number of hydrogen-bond acceptors (Lipinski definition) is 4. The molecule has 0 unspecified atom stereocenters. The maximum atomic E-state index is 11.5. The summed E-state index contributed by atoms with van der Waals surface area (Å²) in [4.78, 5) is 15.6. The molecule has 7 nitrogen and oxygen atoms in total. The van der Waals surface area contributed by atoms with E-state index in [1.54, 1.807) is 0 Å². The van der Waals surface area contributed by atoms with E-state index in [1.165, 1.54) is 11.0 Å². The lowest BCUT2D eigenvalue weighted by Crippen LogP contribution is -2.38. The minimum Gasteiger partial charge on any atom is -0.445 e. The van der Waals surface area contributed by atoms with Crippen molar-refractivity contribution in [2.45, 2.75) is 18.5 Å². The Morgan fingerprint density at radius 2 is 2.56 bits per heavy atom. The molecule has 0 aromatic rings. The molecule has 1 aliphatic heterocycles. The fourth-order valence-electron chi connectivity index (χ4n) is 1.66. The summed E-state index contributed by atoms with van der Waals surface area (Å²) >= 11 is 0. The molecule has 1 fully saturated rings. The van der Waals surface area contributed by atoms with Crippen LogP contribution >= 0.6 is 0 Å². The van der Waals surface area contributed by atoms with Crippen LogP contribution in [0.5, 0.6) is 0 Å². The molecule has 2 atom stereocenters. The molecule has 88 valence electrons. The fourth-order valence-corrected chi connectivity index (χ4v) is 1.66. The third-order valence-corrected chi connectivity index (χ3v) is 2.38. The summed E-state index contributed by atoms with van der Waals surface area (Å²) in [6.07, 6.45) is 1.41. The monoisotopic (exact) mass is 226 g/mol. The van der Waals surface area contributed by atoms with Gasteiger partial charge in [0.15, 0.2) is 0 Å². The SMILES string of the molecule is C=CCOC(=O)N1C[C@@H](N=[N+]=[N-])C[C@H]1CO. The smallest absolute Gasteiger partial charge is 0.410 e. The number of azide groups is 1. The van der Waals surface area contributed by atoms with E-state index in [2.05, 4.69) is 16.6 Å². The molecule has 7 heteroatoms. The average Bonchev–Trinajstić information content (AvgIpc) is 2.69. The molecule has 0 bridgehead atoms. The molecule has 1 N–H and O–H groups in total. The van der Waals surface area contributed by atoms with E-state index >= 15 is 0 Å². The highest BCUT2D eigenvalue weighted by molar-refractivity contribution is 5.68. The van der Waals surface area contributed by atoms with Crippen LogP contribution in [0, 0.1) is 0 Å². The van der Waals surface area contributed by atoms with Gasteiger partial charge in [0.05, 0.1) is 18.7 Å². The number of likely N-dealkylation sites (tertiary alicyclic amines) is 1. The molecule has 0 aliphatic carbocycles. The summed E-state index contributed by atoms with van der Waals surface area (Å²) in [6.45, 7) is 3.67. The van der Waals surface area contributed by atoms with Gasteiger partial charge < -0.3 is 14.7 Å². The molecule has 0 spiro atoms. The number of aliphatic hydroxyl groups is 1. The van der Waals surface area contributed by atoms with Crippen molar-refractivity contribution in [3.05, 3.63) is 23.1 Å². The van der Waals surface area contributed by atoms with Gasteiger partial charge in [-0.3, -0.25) is 0 Å². The Morgan fingerprint density at radius 3 is 3.12 bits per heavy atom. The fraction of sp³-hybridized carbons (Fsp3) is 0.667. The van der Waals surface area contributed by atoms with E-state index in [9.17, 15) is 4.79 Å².